The van der Waals surface area contributed by atoms with Crippen LogP contribution in [0.15, 0.2) is 40.9 Å². The SMILES string of the molecule is CC1(C)[C@H](CC(=O)/C(=N\O[C@@H](COc2ccc3nc(CC4CCNCC4)ccc3c2)c2nn[nH]n2)c2csc(N)n2)C(=O)N1OS(=O)(=O)O. The van der Waals surface area contributed by atoms with Crippen molar-refractivity contribution in [1.82, 2.24) is 41.0 Å². The van der Waals surface area contributed by atoms with Gasteiger partial charge in [-0.1, -0.05) is 16.4 Å². The lowest BCUT2D eigenvalue weighted by molar-refractivity contribution is -0.228. The number of aromatic amines is 1. The molecule has 5 N–H and O–H groups in total. The van der Waals surface area contributed by atoms with E-state index in [9.17, 15) is 18.0 Å². The third-order valence-electron chi connectivity index (χ3n) is 8.46. The predicted octanol–water partition coefficient (Wildman–Crippen LogP) is 1.80. The quantitative estimate of drug-likeness (QED) is 0.0629. The van der Waals surface area contributed by atoms with E-state index in [0.717, 1.165) is 60.3 Å². The molecule has 0 radical (unpaired) electrons. The molecule has 0 unspecified atom stereocenters. The molecule has 2 saturated heterocycles. The number of hydroxylamine groups is 2. The minimum absolute atomic E-state index is 0.0895. The van der Waals surface area contributed by atoms with Crippen LogP contribution in [0.1, 0.15) is 56.4 Å². The van der Waals surface area contributed by atoms with Crippen molar-refractivity contribution in [2.24, 2.45) is 17.0 Å². The van der Waals surface area contributed by atoms with E-state index in [2.05, 4.69) is 40.4 Å². The first-order chi connectivity index (χ1) is 23.4. The second kappa shape index (κ2) is 14.1. The molecular formula is C29H34N10O8S2. The van der Waals surface area contributed by atoms with Crippen molar-refractivity contribution in [3.63, 3.8) is 0 Å². The Bertz CT molecular complexity index is 1960. The van der Waals surface area contributed by atoms with Crippen LogP contribution in [0.2, 0.25) is 0 Å². The number of hydrogen-bond donors (Lipinski definition) is 4. The second-order valence-corrected chi connectivity index (χ2v) is 14.1. The van der Waals surface area contributed by atoms with Crippen molar-refractivity contribution in [2.75, 3.05) is 25.4 Å². The number of thiazole rings is 1. The highest BCUT2D eigenvalue weighted by Crippen LogP contribution is 2.40. The normalized spacial score (nSPS) is 19.1. The van der Waals surface area contributed by atoms with E-state index in [1.807, 2.05) is 24.3 Å². The third kappa shape index (κ3) is 7.99. The van der Waals surface area contributed by atoms with Crippen molar-refractivity contribution in [3.8, 4) is 5.75 Å². The van der Waals surface area contributed by atoms with Gasteiger partial charge in [-0.3, -0.25) is 19.1 Å². The summed E-state index contributed by atoms with van der Waals surface area (Å²) in [5, 5.41) is 24.4. The van der Waals surface area contributed by atoms with Crippen molar-refractivity contribution < 1.29 is 36.4 Å². The zero-order valence-electron chi connectivity index (χ0n) is 26.5. The highest BCUT2D eigenvalue weighted by molar-refractivity contribution is 7.80. The summed E-state index contributed by atoms with van der Waals surface area (Å²) in [4.78, 5) is 41.0. The first-order valence-electron chi connectivity index (χ1n) is 15.3. The average Bonchev–Trinajstić information content (AvgIpc) is 3.76. The zero-order valence-corrected chi connectivity index (χ0v) is 28.1. The summed E-state index contributed by atoms with van der Waals surface area (Å²) in [7, 11) is -4.96. The molecule has 4 aromatic rings. The minimum atomic E-state index is -4.96. The Morgan fingerprint density at radius 1 is 1.22 bits per heavy atom. The van der Waals surface area contributed by atoms with Crippen LogP contribution in [0.3, 0.4) is 0 Å². The van der Waals surface area contributed by atoms with Crippen LogP contribution in [-0.2, 0) is 35.5 Å². The van der Waals surface area contributed by atoms with Crippen molar-refractivity contribution in [1.29, 1.82) is 0 Å². The number of rotatable bonds is 14. The van der Waals surface area contributed by atoms with Crippen LogP contribution in [0.5, 0.6) is 5.75 Å². The number of aromatic nitrogens is 6. The Kier molecular flexibility index (Phi) is 9.84. The lowest BCUT2D eigenvalue weighted by atomic mass is 9.74. The maximum atomic E-state index is 13.6. The number of anilines is 1. The summed E-state index contributed by atoms with van der Waals surface area (Å²) < 4.78 is 41.9. The molecule has 18 nitrogen and oxygen atoms in total. The number of Topliss-reactive ketones (excluding diaryl/α,β-unsaturated/α-hetero) is 1. The highest BCUT2D eigenvalue weighted by atomic mass is 32.3. The van der Waals surface area contributed by atoms with E-state index in [1.165, 1.54) is 19.2 Å². The highest BCUT2D eigenvalue weighted by Gasteiger charge is 2.57. The van der Waals surface area contributed by atoms with Crippen LogP contribution < -0.4 is 15.8 Å². The van der Waals surface area contributed by atoms with E-state index in [1.54, 1.807) is 6.07 Å². The van der Waals surface area contributed by atoms with E-state index in [4.69, 9.17) is 24.8 Å². The number of pyridine rings is 1. The van der Waals surface area contributed by atoms with Gasteiger partial charge in [-0.05, 0) is 76.4 Å². The molecule has 1 aromatic carbocycles. The first kappa shape index (κ1) is 34.2. The topological polar surface area (TPSA) is 250 Å². The molecule has 0 saturated carbocycles. The fourth-order valence-corrected chi connectivity index (χ4v) is 6.77. The van der Waals surface area contributed by atoms with Gasteiger partial charge in [-0.25, -0.2) is 4.98 Å². The van der Waals surface area contributed by atoms with Gasteiger partial charge in [0.1, 0.15) is 18.1 Å². The van der Waals surface area contributed by atoms with Crippen LogP contribution in [0.25, 0.3) is 10.9 Å². The Hall–Kier alpha value is -4.63. The Morgan fingerprint density at radius 3 is 2.69 bits per heavy atom. The number of carbonyl (C=O) groups is 2. The number of nitrogens with one attached hydrogen (secondary N) is 2. The van der Waals surface area contributed by atoms with Gasteiger partial charge in [0.2, 0.25) is 11.9 Å². The molecule has 0 bridgehead atoms. The zero-order chi connectivity index (χ0) is 34.8. The minimum Gasteiger partial charge on any atom is -0.489 e. The number of amides is 1. The van der Waals surface area contributed by atoms with E-state index < -0.39 is 46.1 Å². The number of ether oxygens (including phenoxy) is 1. The number of nitrogens with two attached hydrogens (primary N) is 1. The first-order valence-corrected chi connectivity index (χ1v) is 17.6. The predicted molar refractivity (Wildman–Crippen MR) is 174 cm³/mol. The number of hydrogen-bond acceptors (Lipinski definition) is 16. The van der Waals surface area contributed by atoms with Crippen molar-refractivity contribution >= 4 is 55.2 Å². The third-order valence-corrected chi connectivity index (χ3v) is 9.47. The number of tetrazole rings is 1. The fraction of sp³-hybridized carbons (Fsp3) is 0.448. The number of benzene rings is 1. The number of fused-ring (bicyclic) bond motifs is 1. The molecule has 2 atom stereocenters. The lowest BCUT2D eigenvalue weighted by Crippen LogP contribution is -2.68. The van der Waals surface area contributed by atoms with Gasteiger partial charge in [0, 0.05) is 22.9 Å². The number of oxime groups is 1. The van der Waals surface area contributed by atoms with Crippen LogP contribution >= 0.6 is 11.3 Å². The van der Waals surface area contributed by atoms with Gasteiger partial charge in [-0.15, -0.1) is 25.8 Å². The van der Waals surface area contributed by atoms with Crippen LogP contribution in [0, 0.1) is 11.8 Å². The second-order valence-electron chi connectivity index (χ2n) is 12.2. The summed E-state index contributed by atoms with van der Waals surface area (Å²) in [6, 6.07) is 9.58. The van der Waals surface area contributed by atoms with Gasteiger partial charge in [0.25, 0.3) is 5.91 Å². The van der Waals surface area contributed by atoms with E-state index in [-0.39, 0.29) is 29.0 Å². The molecule has 49 heavy (non-hydrogen) atoms. The Morgan fingerprint density at radius 2 is 2.02 bits per heavy atom. The summed E-state index contributed by atoms with van der Waals surface area (Å²) in [5.74, 6) is -1.26. The molecule has 0 aliphatic carbocycles. The number of β-lactam (4-membered cyclic amide) rings is 1. The molecule has 3 aromatic heterocycles. The van der Waals surface area contributed by atoms with Gasteiger partial charge in [0.05, 0.1) is 17.0 Å². The van der Waals surface area contributed by atoms with Crippen molar-refractivity contribution in [2.45, 2.75) is 51.2 Å². The summed E-state index contributed by atoms with van der Waals surface area (Å²) >= 11 is 1.06. The number of carbonyl (C=O) groups excluding carboxylic acids is 2. The lowest BCUT2D eigenvalue weighted by Gasteiger charge is -2.50. The van der Waals surface area contributed by atoms with Gasteiger partial charge in [-0.2, -0.15) is 18.7 Å². The number of piperidine rings is 1. The summed E-state index contributed by atoms with van der Waals surface area (Å²) in [6.07, 6.45) is 1.76. The molecule has 260 valence electrons. The van der Waals surface area contributed by atoms with E-state index >= 15 is 0 Å². The maximum absolute atomic E-state index is 13.6. The van der Waals surface area contributed by atoms with E-state index in [0.29, 0.717) is 16.7 Å². The Labute approximate surface area is 284 Å². The molecule has 2 aliphatic heterocycles. The van der Waals surface area contributed by atoms with Gasteiger partial charge < -0.3 is 20.6 Å². The number of nitrogen functional groups attached to an aromatic ring is 1. The maximum Gasteiger partial charge on any atom is 0.418 e. The Balaban J connectivity index is 1.17. The molecule has 6 rings (SSSR count). The van der Waals surface area contributed by atoms with Crippen LogP contribution in [-0.4, -0.2) is 91.3 Å². The number of nitrogens with zero attached hydrogens (tertiary/aromatic N) is 7. The number of H-pyrrole nitrogens is 1. The fourth-order valence-electron chi connectivity index (χ4n) is 5.76. The molecule has 5 heterocycles. The number of ketones is 1. The molecule has 2 aliphatic rings. The summed E-state index contributed by atoms with van der Waals surface area (Å²) in [5.41, 5.74) is 6.30. The molecule has 20 heteroatoms. The standard InChI is InChI=1S/C29H34N10O8S2/c1-29(2)20(27(41)39(29)47-49(42,43)44)13-23(40)25(22-15-48-28(30)33-22)36-46-24(26-34-37-38-35-26)14-45-19-5-6-21-17(12-19)3-4-18(32-21)11-16-7-9-31-10-8-16/h3-6,12,15-16,20,24,31H,7-11,13-14H2,1-2H3,(H2,30,33)(H,42,43,44)(H,34,35,37,38)/b36-25-/t20-,24+/m1/s1. The monoisotopic (exact) mass is 714 g/mol. The molecule has 1 amide bonds. The smallest absolute Gasteiger partial charge is 0.418 e. The molecule has 0 spiro atoms. The van der Waals surface area contributed by atoms with Crippen LogP contribution in [0.4, 0.5) is 5.13 Å². The van der Waals surface area contributed by atoms with Gasteiger partial charge >= 0.3 is 10.4 Å². The van der Waals surface area contributed by atoms with Crippen molar-refractivity contribution in [3.05, 3.63) is 52.9 Å². The molecular weight excluding hydrogens is 681 g/mol. The summed E-state index contributed by atoms with van der Waals surface area (Å²) in [6.45, 7) is 4.89. The average molecular weight is 715 g/mol. The molecule has 2 fully saturated rings. The largest absolute Gasteiger partial charge is 0.489 e. The van der Waals surface area contributed by atoms with Gasteiger partial charge in [0.15, 0.2) is 16.6 Å².